The molecule has 1 amide bonds. The summed E-state index contributed by atoms with van der Waals surface area (Å²) < 4.78 is 16.8. The highest BCUT2D eigenvalue weighted by atomic mass is 79.9. The molecule has 1 atom stereocenters. The SMILES string of the molecule is C=C1CCC2(CC1)CN(C(=O)c1cccc(S(=O)NC(C)(C)C)c1)c1ccc(Br)cc12. The number of rotatable bonds is 3. The Balaban J connectivity index is 1.66. The second kappa shape index (κ2) is 8.30. The highest BCUT2D eigenvalue weighted by Crippen LogP contribution is 2.51. The average molecular weight is 501 g/mol. The Labute approximate surface area is 195 Å². The summed E-state index contributed by atoms with van der Waals surface area (Å²) in [5.41, 5.74) is 3.78. The molecule has 2 aliphatic rings. The van der Waals surface area contributed by atoms with E-state index in [2.05, 4.69) is 33.3 Å². The van der Waals surface area contributed by atoms with Crippen LogP contribution in [0.5, 0.6) is 0 Å². The van der Waals surface area contributed by atoms with E-state index in [0.717, 1.165) is 35.8 Å². The van der Waals surface area contributed by atoms with Crippen LogP contribution in [-0.2, 0) is 16.4 Å². The number of benzene rings is 2. The monoisotopic (exact) mass is 500 g/mol. The minimum absolute atomic E-state index is 0.0236. The Morgan fingerprint density at radius 3 is 2.55 bits per heavy atom. The first kappa shape index (κ1) is 22.4. The van der Waals surface area contributed by atoms with Crippen LogP contribution in [0.4, 0.5) is 5.69 Å². The van der Waals surface area contributed by atoms with Crippen molar-refractivity contribution in [1.29, 1.82) is 0 Å². The van der Waals surface area contributed by atoms with E-state index in [4.69, 9.17) is 0 Å². The van der Waals surface area contributed by atoms with Crippen LogP contribution in [0.2, 0.25) is 0 Å². The first-order chi connectivity index (χ1) is 14.6. The molecule has 6 heteroatoms. The van der Waals surface area contributed by atoms with Gasteiger partial charge < -0.3 is 4.90 Å². The normalized spacial score (nSPS) is 18.8. The summed E-state index contributed by atoms with van der Waals surface area (Å²) in [5.74, 6) is -0.0422. The van der Waals surface area contributed by atoms with Crippen molar-refractivity contribution in [2.75, 3.05) is 11.4 Å². The van der Waals surface area contributed by atoms with Crippen LogP contribution in [0.1, 0.15) is 62.4 Å². The van der Waals surface area contributed by atoms with E-state index in [1.165, 1.54) is 11.1 Å². The molecule has 1 unspecified atom stereocenters. The largest absolute Gasteiger partial charge is 0.307 e. The fourth-order valence-electron chi connectivity index (χ4n) is 4.57. The lowest BCUT2D eigenvalue weighted by Gasteiger charge is -2.35. The van der Waals surface area contributed by atoms with Gasteiger partial charge in [0.2, 0.25) is 0 Å². The predicted octanol–water partition coefficient (Wildman–Crippen LogP) is 5.89. The summed E-state index contributed by atoms with van der Waals surface area (Å²) in [7, 11) is -1.38. The summed E-state index contributed by atoms with van der Waals surface area (Å²) in [4.78, 5) is 16.1. The van der Waals surface area contributed by atoms with Gasteiger partial charge in [-0.25, -0.2) is 8.93 Å². The van der Waals surface area contributed by atoms with Gasteiger partial charge in [-0.3, -0.25) is 4.79 Å². The van der Waals surface area contributed by atoms with Gasteiger partial charge in [-0.1, -0.05) is 34.1 Å². The number of halogens is 1. The second-order valence-electron chi connectivity index (χ2n) is 9.73. The maximum Gasteiger partial charge on any atom is 0.258 e. The third-order valence-electron chi connectivity index (χ3n) is 6.13. The third-order valence-corrected chi connectivity index (χ3v) is 8.11. The predicted molar refractivity (Wildman–Crippen MR) is 131 cm³/mol. The van der Waals surface area contributed by atoms with Crippen molar-refractivity contribution in [2.45, 2.75) is 62.3 Å². The molecule has 164 valence electrons. The molecule has 0 bridgehead atoms. The van der Waals surface area contributed by atoms with Gasteiger partial charge in [0.15, 0.2) is 0 Å². The number of hydrogen-bond donors (Lipinski definition) is 1. The zero-order valence-corrected chi connectivity index (χ0v) is 20.7. The molecule has 2 aromatic carbocycles. The van der Waals surface area contributed by atoms with E-state index in [-0.39, 0.29) is 16.9 Å². The molecule has 0 radical (unpaired) electrons. The van der Waals surface area contributed by atoms with Crippen LogP contribution in [0.3, 0.4) is 0 Å². The number of nitrogens with zero attached hydrogens (tertiary/aromatic N) is 1. The first-order valence-electron chi connectivity index (χ1n) is 10.7. The maximum absolute atomic E-state index is 13.6. The zero-order valence-electron chi connectivity index (χ0n) is 18.3. The van der Waals surface area contributed by atoms with E-state index < -0.39 is 11.0 Å². The van der Waals surface area contributed by atoms with Gasteiger partial charge in [-0.2, -0.15) is 0 Å². The van der Waals surface area contributed by atoms with Gasteiger partial charge in [-0.15, -0.1) is 0 Å². The smallest absolute Gasteiger partial charge is 0.258 e. The molecule has 1 saturated carbocycles. The number of allylic oxidation sites excluding steroid dienone is 1. The topological polar surface area (TPSA) is 49.4 Å². The molecule has 1 aliphatic heterocycles. The highest BCUT2D eigenvalue weighted by Gasteiger charge is 2.45. The fraction of sp³-hybridized carbons (Fsp3) is 0.400. The maximum atomic E-state index is 13.6. The standard InChI is InChI=1S/C25H29BrN2O2S/c1-17-10-12-25(13-11-17)16-28(22-9-8-19(26)15-21(22)25)23(29)18-6-5-7-20(14-18)31(30)27-24(2,3)4/h5-9,14-15,27H,1,10-13,16H2,2-4H3. The zero-order chi connectivity index (χ0) is 22.4. The van der Waals surface area contributed by atoms with Crippen LogP contribution >= 0.6 is 15.9 Å². The van der Waals surface area contributed by atoms with Gasteiger partial charge in [0, 0.05) is 33.2 Å². The van der Waals surface area contributed by atoms with Crippen LogP contribution in [-0.4, -0.2) is 22.2 Å². The van der Waals surface area contributed by atoms with Crippen LogP contribution in [0.25, 0.3) is 0 Å². The summed E-state index contributed by atoms with van der Waals surface area (Å²) in [6, 6.07) is 13.4. The number of carbonyl (C=O) groups excluding carboxylic acids is 1. The molecule has 4 nitrogen and oxygen atoms in total. The number of hydrogen-bond acceptors (Lipinski definition) is 2. The molecule has 0 saturated heterocycles. The number of carbonyl (C=O) groups is 1. The number of amides is 1. The van der Waals surface area contributed by atoms with Gasteiger partial charge in [0.25, 0.3) is 5.91 Å². The lowest BCUT2D eigenvalue weighted by Crippen LogP contribution is -2.39. The molecule has 4 rings (SSSR count). The summed E-state index contributed by atoms with van der Waals surface area (Å²) in [6.45, 7) is 10.8. The minimum Gasteiger partial charge on any atom is -0.307 e. The third kappa shape index (κ3) is 4.57. The molecular formula is C25H29BrN2O2S. The van der Waals surface area contributed by atoms with Crippen LogP contribution in [0, 0.1) is 0 Å². The molecule has 0 aromatic heterocycles. The van der Waals surface area contributed by atoms with Crippen molar-refractivity contribution in [2.24, 2.45) is 0 Å². The Morgan fingerprint density at radius 2 is 1.87 bits per heavy atom. The second-order valence-corrected chi connectivity index (χ2v) is 11.9. The van der Waals surface area contributed by atoms with Gasteiger partial charge in [-0.05, 0) is 88.4 Å². The van der Waals surface area contributed by atoms with Crippen LogP contribution in [0.15, 0.2) is 64.0 Å². The first-order valence-corrected chi connectivity index (χ1v) is 12.6. The number of fused-ring (bicyclic) bond motifs is 2. The quantitative estimate of drug-likeness (QED) is 0.534. The molecule has 1 N–H and O–H groups in total. The van der Waals surface area contributed by atoms with E-state index in [1.54, 1.807) is 12.1 Å². The molecule has 2 aromatic rings. The Kier molecular flexibility index (Phi) is 6.01. The van der Waals surface area contributed by atoms with Crippen LogP contribution < -0.4 is 9.62 Å². The van der Waals surface area contributed by atoms with E-state index in [0.29, 0.717) is 17.0 Å². The molecule has 1 spiro atoms. The summed E-state index contributed by atoms with van der Waals surface area (Å²) in [5, 5.41) is 0. The fourth-order valence-corrected chi connectivity index (χ4v) is 6.04. The summed E-state index contributed by atoms with van der Waals surface area (Å²) >= 11 is 3.62. The molecule has 1 aliphatic carbocycles. The van der Waals surface area contributed by atoms with Crippen molar-refractivity contribution < 1.29 is 9.00 Å². The van der Waals surface area contributed by atoms with Gasteiger partial charge in [0.1, 0.15) is 11.0 Å². The van der Waals surface area contributed by atoms with Gasteiger partial charge in [0.05, 0.1) is 4.90 Å². The average Bonchev–Trinajstić information content (AvgIpc) is 3.02. The van der Waals surface area contributed by atoms with E-state index in [9.17, 15) is 9.00 Å². The van der Waals surface area contributed by atoms with Gasteiger partial charge >= 0.3 is 0 Å². The van der Waals surface area contributed by atoms with Crippen molar-refractivity contribution in [3.63, 3.8) is 0 Å². The van der Waals surface area contributed by atoms with Crippen molar-refractivity contribution in [3.05, 3.63) is 70.2 Å². The lowest BCUT2D eigenvalue weighted by atomic mass is 9.69. The number of nitrogens with one attached hydrogen (secondary N) is 1. The lowest BCUT2D eigenvalue weighted by molar-refractivity contribution is 0.0983. The molecule has 1 fully saturated rings. The Bertz CT molecular complexity index is 1060. The molecule has 31 heavy (non-hydrogen) atoms. The summed E-state index contributed by atoms with van der Waals surface area (Å²) in [6.07, 6.45) is 4.03. The van der Waals surface area contributed by atoms with Crippen molar-refractivity contribution in [3.8, 4) is 0 Å². The molecule has 1 heterocycles. The minimum atomic E-state index is -1.38. The Hall–Kier alpha value is -1.76. The number of anilines is 1. The van der Waals surface area contributed by atoms with Crippen molar-refractivity contribution in [1.82, 2.24) is 4.72 Å². The van der Waals surface area contributed by atoms with E-state index in [1.807, 2.05) is 49.9 Å². The van der Waals surface area contributed by atoms with E-state index >= 15 is 0 Å². The Morgan fingerprint density at radius 1 is 1.16 bits per heavy atom. The molecular weight excluding hydrogens is 472 g/mol. The highest BCUT2D eigenvalue weighted by molar-refractivity contribution is 9.10. The van der Waals surface area contributed by atoms with Crippen molar-refractivity contribution >= 4 is 38.5 Å².